The van der Waals surface area contributed by atoms with Crippen LogP contribution in [0.5, 0.6) is 5.75 Å². The number of imide groups is 1. The number of phenolic OH excluding ortho intramolecular Hbond substituents is 1. The zero-order valence-electron chi connectivity index (χ0n) is 19.9. The van der Waals surface area contributed by atoms with Gasteiger partial charge in [0.2, 0.25) is 11.8 Å². The maximum Gasteiger partial charge on any atom is 0.233 e. The number of fused-ring (bicyclic) bond motifs is 3. The molecule has 2 amide bonds. The minimum atomic E-state index is -0.301. The van der Waals surface area contributed by atoms with Crippen LogP contribution in [0.15, 0.2) is 53.7 Å². The summed E-state index contributed by atoms with van der Waals surface area (Å²) >= 11 is 6.39. The molecule has 1 aromatic heterocycles. The maximum absolute atomic E-state index is 12.9. The van der Waals surface area contributed by atoms with E-state index in [-0.39, 0.29) is 41.4 Å². The number of carbonyl (C=O) groups is 2. The largest absolute Gasteiger partial charge is 0.508 e. The van der Waals surface area contributed by atoms with Gasteiger partial charge in [0.05, 0.1) is 35.3 Å². The fourth-order valence-electron chi connectivity index (χ4n) is 5.90. The smallest absolute Gasteiger partial charge is 0.233 e. The number of aromatic hydroxyl groups is 1. The van der Waals surface area contributed by atoms with E-state index >= 15 is 0 Å². The molecule has 1 N–H and O–H groups in total. The van der Waals surface area contributed by atoms with E-state index in [2.05, 4.69) is 11.9 Å². The third-order valence-electron chi connectivity index (χ3n) is 7.64. The van der Waals surface area contributed by atoms with E-state index < -0.39 is 0 Å². The minimum Gasteiger partial charge on any atom is -0.508 e. The van der Waals surface area contributed by atoms with Gasteiger partial charge in [-0.05, 0) is 78.8 Å². The summed E-state index contributed by atoms with van der Waals surface area (Å²) in [5.41, 5.74) is 5.18. The van der Waals surface area contributed by atoms with Crippen LogP contribution < -0.4 is 0 Å². The van der Waals surface area contributed by atoms with Gasteiger partial charge in [0.15, 0.2) is 0 Å². The number of aromatic nitrogens is 1. The lowest BCUT2D eigenvalue weighted by molar-refractivity contribution is -0.138. The van der Waals surface area contributed by atoms with Crippen molar-refractivity contribution in [3.8, 4) is 5.75 Å². The zero-order chi connectivity index (χ0) is 24.7. The number of rotatable bonds is 6. The van der Waals surface area contributed by atoms with Gasteiger partial charge in [-0.25, -0.2) is 0 Å². The lowest BCUT2D eigenvalue weighted by Gasteiger charge is -2.31. The predicted molar refractivity (Wildman–Crippen MR) is 134 cm³/mol. The molecule has 7 heteroatoms. The first-order valence-corrected chi connectivity index (χ1v) is 12.5. The fourth-order valence-corrected chi connectivity index (χ4v) is 6.13. The standard InChI is InChI=1S/C28H29ClN2O4/c1-3-16-13-20-26(28(34)31(2)27(20)33)21-15-35-24(25(16)21)10-8-18(23-6-4-5-11-30-23)12-17-7-9-19(32)14-22(17)29/h4-7,9,11-12,14,20-21,24,26,32H,3,8,10,13,15H2,1-2H3/b18-12-/t20-,21+,24-,26-/m1/s1. The molecule has 6 nitrogen and oxygen atoms in total. The van der Waals surface area contributed by atoms with Crippen LogP contribution in [-0.2, 0) is 14.3 Å². The van der Waals surface area contributed by atoms with Gasteiger partial charge in [0, 0.05) is 19.2 Å². The van der Waals surface area contributed by atoms with Gasteiger partial charge in [-0.15, -0.1) is 0 Å². The summed E-state index contributed by atoms with van der Waals surface area (Å²) in [6.07, 6.45) is 6.63. The Balaban J connectivity index is 1.43. The van der Waals surface area contributed by atoms with E-state index in [0.29, 0.717) is 24.5 Å². The summed E-state index contributed by atoms with van der Waals surface area (Å²) < 4.78 is 6.29. The van der Waals surface area contributed by atoms with Gasteiger partial charge >= 0.3 is 0 Å². The summed E-state index contributed by atoms with van der Waals surface area (Å²) in [4.78, 5) is 31.4. The van der Waals surface area contributed by atoms with Crippen molar-refractivity contribution in [2.45, 2.75) is 38.7 Å². The second-order valence-corrected chi connectivity index (χ2v) is 9.95. The number of benzene rings is 1. The highest BCUT2D eigenvalue weighted by molar-refractivity contribution is 6.32. The van der Waals surface area contributed by atoms with Crippen LogP contribution in [0.25, 0.3) is 11.6 Å². The average Bonchev–Trinajstić information content (AvgIpc) is 3.38. The van der Waals surface area contributed by atoms with Gasteiger partial charge in [-0.1, -0.05) is 30.2 Å². The minimum absolute atomic E-state index is 0.0241. The first-order chi connectivity index (χ1) is 16.9. The molecule has 0 spiro atoms. The number of amides is 2. The van der Waals surface area contributed by atoms with E-state index in [1.54, 1.807) is 25.4 Å². The molecule has 35 heavy (non-hydrogen) atoms. The van der Waals surface area contributed by atoms with E-state index in [1.165, 1.54) is 22.1 Å². The molecule has 4 atom stereocenters. The van der Waals surface area contributed by atoms with Crippen LogP contribution >= 0.6 is 11.6 Å². The molecule has 0 unspecified atom stereocenters. The lowest BCUT2D eigenvalue weighted by Crippen LogP contribution is -2.33. The van der Waals surface area contributed by atoms with Gasteiger partial charge in [-0.3, -0.25) is 19.5 Å². The number of carbonyl (C=O) groups excluding carboxylic acids is 2. The molecule has 2 saturated heterocycles. The lowest BCUT2D eigenvalue weighted by atomic mass is 9.69. The first-order valence-electron chi connectivity index (χ1n) is 12.1. The number of likely N-dealkylation sites (tertiary alicyclic amines) is 1. The molecule has 0 saturated carbocycles. The number of hydrogen-bond acceptors (Lipinski definition) is 5. The quantitative estimate of drug-likeness (QED) is 0.447. The van der Waals surface area contributed by atoms with Crippen molar-refractivity contribution in [3.63, 3.8) is 0 Å². The van der Waals surface area contributed by atoms with Gasteiger partial charge in [0.25, 0.3) is 0 Å². The van der Waals surface area contributed by atoms with Crippen LogP contribution in [0.2, 0.25) is 5.02 Å². The molecule has 2 aliphatic heterocycles. The Morgan fingerprint density at radius 1 is 1.23 bits per heavy atom. The van der Waals surface area contributed by atoms with E-state index in [9.17, 15) is 14.7 Å². The van der Waals surface area contributed by atoms with Crippen molar-refractivity contribution < 1.29 is 19.4 Å². The number of phenols is 1. The predicted octanol–water partition coefficient (Wildman–Crippen LogP) is 5.12. The highest BCUT2D eigenvalue weighted by atomic mass is 35.5. The number of ether oxygens (including phenoxy) is 1. The number of hydrogen-bond donors (Lipinski definition) is 1. The first kappa shape index (κ1) is 23.8. The fraction of sp³-hybridized carbons (Fsp3) is 0.393. The molecule has 1 aromatic carbocycles. The molecule has 2 fully saturated rings. The Hall–Kier alpha value is -2.96. The summed E-state index contributed by atoms with van der Waals surface area (Å²) in [7, 11) is 1.60. The molecular formula is C28H29ClN2O4. The van der Waals surface area contributed by atoms with Gasteiger partial charge in [-0.2, -0.15) is 0 Å². The SMILES string of the molecule is CCC1=C2[C@@H](CC/C(=C/c3ccc(O)cc3Cl)c3ccccn3)OC[C@@H]2[C@@H]2C(=O)N(C)C(=O)[C@@H]2C1. The van der Waals surface area contributed by atoms with Gasteiger partial charge in [0.1, 0.15) is 5.75 Å². The van der Waals surface area contributed by atoms with E-state index in [1.807, 2.05) is 24.3 Å². The number of nitrogens with zero attached hydrogens (tertiary/aromatic N) is 2. The molecular weight excluding hydrogens is 464 g/mol. The molecule has 0 radical (unpaired) electrons. The highest BCUT2D eigenvalue weighted by Crippen LogP contribution is 2.50. The second kappa shape index (κ2) is 9.59. The Bertz CT molecular complexity index is 1220. The van der Waals surface area contributed by atoms with Crippen LogP contribution in [0.4, 0.5) is 0 Å². The summed E-state index contributed by atoms with van der Waals surface area (Å²) in [5.74, 6) is -0.581. The number of halogens is 1. The summed E-state index contributed by atoms with van der Waals surface area (Å²) in [5, 5.41) is 10.2. The third-order valence-corrected chi connectivity index (χ3v) is 7.97. The Morgan fingerprint density at radius 3 is 2.77 bits per heavy atom. The maximum atomic E-state index is 12.9. The Morgan fingerprint density at radius 2 is 2.06 bits per heavy atom. The van der Waals surface area contributed by atoms with E-state index in [0.717, 1.165) is 29.7 Å². The molecule has 3 aliphatic rings. The molecule has 5 rings (SSSR count). The van der Waals surface area contributed by atoms with Crippen molar-refractivity contribution in [2.24, 2.45) is 17.8 Å². The van der Waals surface area contributed by atoms with E-state index in [4.69, 9.17) is 16.3 Å². The molecule has 0 bridgehead atoms. The van der Waals surface area contributed by atoms with Crippen molar-refractivity contribution in [2.75, 3.05) is 13.7 Å². The summed E-state index contributed by atoms with van der Waals surface area (Å²) in [6.45, 7) is 2.59. The molecule has 1 aliphatic carbocycles. The van der Waals surface area contributed by atoms with Crippen molar-refractivity contribution in [1.29, 1.82) is 0 Å². The highest BCUT2D eigenvalue weighted by Gasteiger charge is 2.55. The molecule has 2 aromatic rings. The number of pyridine rings is 1. The van der Waals surface area contributed by atoms with Crippen LogP contribution in [0.3, 0.4) is 0 Å². The average molecular weight is 493 g/mol. The van der Waals surface area contributed by atoms with Gasteiger partial charge < -0.3 is 9.84 Å². The summed E-state index contributed by atoms with van der Waals surface area (Å²) in [6, 6.07) is 10.7. The van der Waals surface area contributed by atoms with Crippen LogP contribution in [0, 0.1) is 17.8 Å². The second-order valence-electron chi connectivity index (χ2n) is 9.54. The van der Waals surface area contributed by atoms with Crippen LogP contribution in [-0.4, -0.2) is 46.6 Å². The van der Waals surface area contributed by atoms with Crippen molar-refractivity contribution in [1.82, 2.24) is 9.88 Å². The monoisotopic (exact) mass is 492 g/mol. The van der Waals surface area contributed by atoms with Crippen LogP contribution in [0.1, 0.15) is 43.9 Å². The molecule has 3 heterocycles. The zero-order valence-corrected chi connectivity index (χ0v) is 20.7. The topological polar surface area (TPSA) is 79.7 Å². The van der Waals surface area contributed by atoms with Crippen molar-refractivity contribution in [3.05, 3.63) is 70.0 Å². The molecule has 182 valence electrons. The normalized spacial score (nSPS) is 26.4. The Kier molecular flexibility index (Phi) is 6.51. The van der Waals surface area contributed by atoms with Crippen molar-refractivity contribution >= 4 is 35.1 Å². The number of allylic oxidation sites excluding steroid dienone is 2. The third kappa shape index (κ3) is 4.30. The Labute approximate surface area is 210 Å².